The molecule has 0 spiro atoms. The Morgan fingerprint density at radius 1 is 1.12 bits per heavy atom. The molecule has 1 aromatic carbocycles. The van der Waals surface area contributed by atoms with E-state index in [2.05, 4.69) is 0 Å². The Hall–Kier alpha value is -1.69. The zero-order chi connectivity index (χ0) is 18.5. The number of benzene rings is 1. The second-order valence-electron chi connectivity index (χ2n) is 6.34. The van der Waals surface area contributed by atoms with Crippen LogP contribution in [0.25, 0.3) is 0 Å². The monoisotopic (exact) mass is 354 g/mol. The Bertz CT molecular complexity index is 674. The molecular formula is C18H26O5S. The summed E-state index contributed by atoms with van der Waals surface area (Å²) in [6, 6.07) is 6.51. The highest BCUT2D eigenvalue weighted by atomic mass is 32.2. The molecule has 134 valence electrons. The van der Waals surface area contributed by atoms with Gasteiger partial charge in [-0.25, -0.2) is 8.42 Å². The standard InChI is InChI=1S/C18H26O5S/c1-6-17(20)16(18(12(2)3)23-14(5)19)11-24(21,22)15-9-7-13(4)8-10-15/h7-10,12,16,18H,6,11H2,1-5H3/t16-,18-/m1/s1. The van der Waals surface area contributed by atoms with Crippen LogP contribution in [0.3, 0.4) is 0 Å². The number of Topliss-reactive ketones (excluding diaryl/α,β-unsaturated/α-hetero) is 1. The summed E-state index contributed by atoms with van der Waals surface area (Å²) in [5.74, 6) is -2.13. The van der Waals surface area contributed by atoms with Crippen LogP contribution >= 0.6 is 0 Å². The Labute approximate surface area is 144 Å². The van der Waals surface area contributed by atoms with Gasteiger partial charge in [0.05, 0.1) is 16.6 Å². The fourth-order valence-corrected chi connectivity index (χ4v) is 4.18. The van der Waals surface area contributed by atoms with Crippen LogP contribution in [0.5, 0.6) is 0 Å². The van der Waals surface area contributed by atoms with Gasteiger partial charge in [0.25, 0.3) is 0 Å². The highest BCUT2D eigenvalue weighted by molar-refractivity contribution is 7.91. The Kier molecular flexibility index (Phi) is 7.14. The molecular weight excluding hydrogens is 328 g/mol. The van der Waals surface area contributed by atoms with E-state index in [0.717, 1.165) is 5.56 Å². The second-order valence-corrected chi connectivity index (χ2v) is 8.37. The molecule has 0 aromatic heterocycles. The Morgan fingerprint density at radius 2 is 1.67 bits per heavy atom. The maximum absolute atomic E-state index is 12.7. The van der Waals surface area contributed by atoms with Crippen LogP contribution in [-0.4, -0.2) is 32.0 Å². The maximum atomic E-state index is 12.7. The lowest BCUT2D eigenvalue weighted by molar-refractivity contribution is -0.153. The number of hydrogen-bond acceptors (Lipinski definition) is 5. The van der Waals surface area contributed by atoms with Crippen molar-refractivity contribution < 1.29 is 22.7 Å². The van der Waals surface area contributed by atoms with Crippen LogP contribution in [0.2, 0.25) is 0 Å². The van der Waals surface area contributed by atoms with E-state index in [-0.39, 0.29) is 28.8 Å². The van der Waals surface area contributed by atoms with Crippen molar-refractivity contribution in [3.63, 3.8) is 0 Å². The minimum Gasteiger partial charge on any atom is -0.461 e. The minimum atomic E-state index is -3.66. The highest BCUT2D eigenvalue weighted by Gasteiger charge is 2.36. The normalized spacial score (nSPS) is 14.2. The Balaban J connectivity index is 3.18. The zero-order valence-corrected chi connectivity index (χ0v) is 15.7. The molecule has 0 aliphatic carbocycles. The molecule has 0 aliphatic rings. The van der Waals surface area contributed by atoms with E-state index >= 15 is 0 Å². The minimum absolute atomic E-state index is 0.164. The van der Waals surface area contributed by atoms with Crippen molar-refractivity contribution in [2.24, 2.45) is 11.8 Å². The third-order valence-electron chi connectivity index (χ3n) is 3.90. The number of sulfone groups is 1. The van der Waals surface area contributed by atoms with Gasteiger partial charge >= 0.3 is 5.97 Å². The third-order valence-corrected chi connectivity index (χ3v) is 5.69. The van der Waals surface area contributed by atoms with Crippen LogP contribution < -0.4 is 0 Å². The summed E-state index contributed by atoms with van der Waals surface area (Å²) in [6.45, 7) is 8.43. The van der Waals surface area contributed by atoms with E-state index in [4.69, 9.17) is 4.74 Å². The lowest BCUT2D eigenvalue weighted by Crippen LogP contribution is -2.40. The van der Waals surface area contributed by atoms with E-state index < -0.39 is 27.8 Å². The number of carbonyl (C=O) groups is 2. The summed E-state index contributed by atoms with van der Waals surface area (Å²) >= 11 is 0. The van der Waals surface area contributed by atoms with Crippen LogP contribution in [0, 0.1) is 18.8 Å². The summed E-state index contributed by atoms with van der Waals surface area (Å²) in [4.78, 5) is 23.9. The van der Waals surface area contributed by atoms with E-state index in [9.17, 15) is 18.0 Å². The fourth-order valence-electron chi connectivity index (χ4n) is 2.59. The molecule has 5 nitrogen and oxygen atoms in total. The quantitative estimate of drug-likeness (QED) is 0.671. The number of hydrogen-bond donors (Lipinski definition) is 0. The predicted octanol–water partition coefficient (Wildman–Crippen LogP) is 2.95. The number of ketones is 1. The average Bonchev–Trinajstić information content (AvgIpc) is 2.50. The van der Waals surface area contributed by atoms with Crippen LogP contribution in [0.15, 0.2) is 29.2 Å². The largest absolute Gasteiger partial charge is 0.461 e. The van der Waals surface area contributed by atoms with E-state index in [1.54, 1.807) is 19.1 Å². The van der Waals surface area contributed by atoms with Gasteiger partial charge < -0.3 is 4.74 Å². The van der Waals surface area contributed by atoms with Crippen molar-refractivity contribution >= 4 is 21.6 Å². The van der Waals surface area contributed by atoms with E-state index in [1.807, 2.05) is 20.8 Å². The molecule has 0 N–H and O–H groups in total. The first kappa shape index (κ1) is 20.4. The SMILES string of the molecule is CCC(=O)[C@@H](CS(=O)(=O)c1ccc(C)cc1)[C@H](OC(C)=O)C(C)C. The topological polar surface area (TPSA) is 77.5 Å². The molecule has 2 atom stereocenters. The molecule has 0 heterocycles. The van der Waals surface area contributed by atoms with Crippen molar-refractivity contribution in [1.82, 2.24) is 0 Å². The van der Waals surface area contributed by atoms with Gasteiger partial charge in [-0.3, -0.25) is 9.59 Å². The number of esters is 1. The van der Waals surface area contributed by atoms with Crippen LogP contribution in [0.4, 0.5) is 0 Å². The summed E-state index contributed by atoms with van der Waals surface area (Å²) < 4.78 is 30.7. The maximum Gasteiger partial charge on any atom is 0.302 e. The molecule has 0 aliphatic heterocycles. The molecule has 0 unspecified atom stereocenters. The molecule has 6 heteroatoms. The summed E-state index contributed by atoms with van der Waals surface area (Å²) in [5.41, 5.74) is 0.954. The van der Waals surface area contributed by atoms with Crippen LogP contribution in [0.1, 0.15) is 39.7 Å². The lowest BCUT2D eigenvalue weighted by atomic mass is 9.90. The van der Waals surface area contributed by atoms with Crippen molar-refractivity contribution in [3.05, 3.63) is 29.8 Å². The molecule has 0 bridgehead atoms. The van der Waals surface area contributed by atoms with Crippen molar-refractivity contribution in [2.75, 3.05) is 5.75 Å². The molecule has 1 aromatic rings. The fraction of sp³-hybridized carbons (Fsp3) is 0.556. The molecule has 0 saturated heterocycles. The van der Waals surface area contributed by atoms with Gasteiger partial charge in [-0.1, -0.05) is 38.5 Å². The van der Waals surface area contributed by atoms with Gasteiger partial charge in [-0.2, -0.15) is 0 Å². The molecule has 0 radical (unpaired) electrons. The summed E-state index contributed by atoms with van der Waals surface area (Å²) in [6.07, 6.45) is -0.561. The highest BCUT2D eigenvalue weighted by Crippen LogP contribution is 2.24. The van der Waals surface area contributed by atoms with Gasteiger partial charge in [0.1, 0.15) is 11.9 Å². The van der Waals surface area contributed by atoms with Gasteiger partial charge in [-0.05, 0) is 25.0 Å². The first-order valence-electron chi connectivity index (χ1n) is 8.07. The number of carbonyl (C=O) groups excluding carboxylic acids is 2. The van der Waals surface area contributed by atoms with Crippen molar-refractivity contribution in [3.8, 4) is 0 Å². The molecule has 1 rings (SSSR count). The second kappa shape index (κ2) is 8.42. The van der Waals surface area contributed by atoms with Gasteiger partial charge in [-0.15, -0.1) is 0 Å². The lowest BCUT2D eigenvalue weighted by Gasteiger charge is -2.28. The van der Waals surface area contributed by atoms with E-state index in [0.29, 0.717) is 0 Å². The summed E-state index contributed by atoms with van der Waals surface area (Å²) in [7, 11) is -3.66. The first-order chi connectivity index (χ1) is 11.1. The first-order valence-corrected chi connectivity index (χ1v) is 9.73. The molecule has 0 saturated carbocycles. The molecule has 0 fully saturated rings. The Morgan fingerprint density at radius 3 is 2.08 bits per heavy atom. The molecule has 0 amide bonds. The van der Waals surface area contributed by atoms with Crippen molar-refractivity contribution in [2.45, 2.75) is 52.0 Å². The number of rotatable bonds is 8. The predicted molar refractivity (Wildman–Crippen MR) is 92.4 cm³/mol. The van der Waals surface area contributed by atoms with Crippen LogP contribution in [-0.2, 0) is 24.2 Å². The third kappa shape index (κ3) is 5.44. The van der Waals surface area contributed by atoms with Gasteiger partial charge in [0, 0.05) is 13.3 Å². The summed E-state index contributed by atoms with van der Waals surface area (Å²) in [5, 5.41) is 0. The zero-order valence-electron chi connectivity index (χ0n) is 14.9. The van der Waals surface area contributed by atoms with Gasteiger partial charge in [0.2, 0.25) is 0 Å². The molecule has 24 heavy (non-hydrogen) atoms. The average molecular weight is 354 g/mol. The number of ether oxygens (including phenoxy) is 1. The number of aryl methyl sites for hydroxylation is 1. The smallest absolute Gasteiger partial charge is 0.302 e. The van der Waals surface area contributed by atoms with E-state index in [1.165, 1.54) is 19.1 Å². The van der Waals surface area contributed by atoms with Crippen molar-refractivity contribution in [1.29, 1.82) is 0 Å². The van der Waals surface area contributed by atoms with Gasteiger partial charge in [0.15, 0.2) is 9.84 Å².